The minimum absolute atomic E-state index is 0.0718. The molecule has 1 fully saturated rings. The Kier molecular flexibility index (Phi) is 3.38. The highest BCUT2D eigenvalue weighted by Gasteiger charge is 2.25. The third kappa shape index (κ3) is 3.32. The molecule has 1 aliphatic rings. The van der Waals surface area contributed by atoms with Crippen LogP contribution >= 0.6 is 11.3 Å². The van der Waals surface area contributed by atoms with Gasteiger partial charge in [-0.1, -0.05) is 6.07 Å². The lowest BCUT2D eigenvalue weighted by Crippen LogP contribution is -2.42. The van der Waals surface area contributed by atoms with E-state index in [-0.39, 0.29) is 11.9 Å². The highest BCUT2D eigenvalue weighted by Crippen LogP contribution is 2.19. The summed E-state index contributed by atoms with van der Waals surface area (Å²) in [6.07, 6.45) is 2.42. The molecule has 0 spiro atoms. The number of carbonyl (C=O) groups is 1. The Hall–Kier alpha value is -0.870. The van der Waals surface area contributed by atoms with Crippen molar-refractivity contribution >= 4 is 17.2 Å². The first-order chi connectivity index (χ1) is 7.25. The molecule has 0 aliphatic heterocycles. The van der Waals surface area contributed by atoms with E-state index in [0.717, 1.165) is 0 Å². The molecule has 2 rings (SSSR count). The van der Waals surface area contributed by atoms with Gasteiger partial charge in [-0.3, -0.25) is 4.79 Å². The molecule has 1 atom stereocenters. The van der Waals surface area contributed by atoms with Gasteiger partial charge in [-0.05, 0) is 31.2 Å². The number of amides is 1. The Morgan fingerprint density at radius 3 is 3.07 bits per heavy atom. The van der Waals surface area contributed by atoms with E-state index >= 15 is 0 Å². The number of hydrogen-bond donors (Lipinski definition) is 2. The maximum absolute atomic E-state index is 11.6. The first-order valence-electron chi connectivity index (χ1n) is 5.32. The smallest absolute Gasteiger partial charge is 0.237 e. The van der Waals surface area contributed by atoms with Crippen LogP contribution < -0.4 is 10.6 Å². The quantitative estimate of drug-likeness (QED) is 0.796. The molecule has 1 aromatic rings. The molecule has 3 nitrogen and oxygen atoms in total. The molecule has 0 aromatic carbocycles. The van der Waals surface area contributed by atoms with Crippen LogP contribution in [0.15, 0.2) is 17.5 Å². The van der Waals surface area contributed by atoms with Gasteiger partial charge in [0.1, 0.15) is 0 Å². The predicted molar refractivity (Wildman–Crippen MR) is 61.8 cm³/mol. The number of rotatable bonds is 5. The number of nitrogens with one attached hydrogen (secondary N) is 2. The zero-order valence-electron chi connectivity index (χ0n) is 8.82. The molecule has 1 aliphatic carbocycles. The van der Waals surface area contributed by atoms with E-state index in [1.54, 1.807) is 11.3 Å². The molecule has 82 valence electrons. The summed E-state index contributed by atoms with van der Waals surface area (Å²) in [7, 11) is 0. The van der Waals surface area contributed by atoms with Gasteiger partial charge >= 0.3 is 0 Å². The summed E-state index contributed by atoms with van der Waals surface area (Å²) in [6, 6.07) is 4.53. The second kappa shape index (κ2) is 4.77. The van der Waals surface area contributed by atoms with Crippen LogP contribution in [0, 0.1) is 0 Å². The average molecular weight is 224 g/mol. The van der Waals surface area contributed by atoms with E-state index in [1.807, 2.05) is 24.4 Å². The van der Waals surface area contributed by atoms with Crippen molar-refractivity contribution in [3.05, 3.63) is 22.4 Å². The highest BCUT2D eigenvalue weighted by atomic mass is 32.1. The van der Waals surface area contributed by atoms with E-state index in [4.69, 9.17) is 0 Å². The maximum atomic E-state index is 11.6. The SMILES string of the molecule is CC(NC1CC1)C(=O)NCc1cccs1. The zero-order valence-corrected chi connectivity index (χ0v) is 9.64. The topological polar surface area (TPSA) is 41.1 Å². The highest BCUT2D eigenvalue weighted by molar-refractivity contribution is 7.09. The Labute approximate surface area is 93.9 Å². The summed E-state index contributed by atoms with van der Waals surface area (Å²) >= 11 is 1.67. The molecular formula is C11H16N2OS. The van der Waals surface area contributed by atoms with Crippen molar-refractivity contribution in [1.29, 1.82) is 0 Å². The van der Waals surface area contributed by atoms with E-state index in [2.05, 4.69) is 10.6 Å². The van der Waals surface area contributed by atoms with Gasteiger partial charge in [0.25, 0.3) is 0 Å². The summed E-state index contributed by atoms with van der Waals surface area (Å²) in [5.74, 6) is 0.0929. The maximum Gasteiger partial charge on any atom is 0.237 e. The third-order valence-electron chi connectivity index (χ3n) is 2.47. The van der Waals surface area contributed by atoms with Gasteiger partial charge < -0.3 is 10.6 Å². The first-order valence-corrected chi connectivity index (χ1v) is 6.20. The first kappa shape index (κ1) is 10.6. The average Bonchev–Trinajstić information content (AvgIpc) is 2.88. The molecular weight excluding hydrogens is 208 g/mol. The van der Waals surface area contributed by atoms with E-state index in [1.165, 1.54) is 17.7 Å². The lowest BCUT2D eigenvalue weighted by molar-refractivity contribution is -0.122. The minimum Gasteiger partial charge on any atom is -0.350 e. The van der Waals surface area contributed by atoms with Crippen LogP contribution in [-0.2, 0) is 11.3 Å². The minimum atomic E-state index is -0.0718. The Morgan fingerprint density at radius 2 is 2.47 bits per heavy atom. The summed E-state index contributed by atoms with van der Waals surface area (Å²) in [5, 5.41) is 8.22. The summed E-state index contributed by atoms with van der Waals surface area (Å²) in [5.41, 5.74) is 0. The van der Waals surface area contributed by atoms with Crippen molar-refractivity contribution in [2.75, 3.05) is 0 Å². The van der Waals surface area contributed by atoms with Crippen LogP contribution in [0.4, 0.5) is 0 Å². The lowest BCUT2D eigenvalue weighted by atomic mass is 10.3. The molecule has 0 saturated heterocycles. The second-order valence-electron chi connectivity index (χ2n) is 3.96. The fraction of sp³-hybridized carbons (Fsp3) is 0.545. The van der Waals surface area contributed by atoms with Crippen LogP contribution in [0.5, 0.6) is 0 Å². The third-order valence-corrected chi connectivity index (χ3v) is 3.35. The van der Waals surface area contributed by atoms with E-state index < -0.39 is 0 Å². The van der Waals surface area contributed by atoms with Gasteiger partial charge in [-0.2, -0.15) is 0 Å². The van der Waals surface area contributed by atoms with Gasteiger partial charge in [0.05, 0.1) is 12.6 Å². The van der Waals surface area contributed by atoms with Crippen molar-refractivity contribution in [2.45, 2.75) is 38.4 Å². The molecule has 1 aromatic heterocycles. The van der Waals surface area contributed by atoms with Crippen LogP contribution in [-0.4, -0.2) is 18.0 Å². The van der Waals surface area contributed by atoms with Crippen molar-refractivity contribution in [2.24, 2.45) is 0 Å². The van der Waals surface area contributed by atoms with E-state index in [9.17, 15) is 4.79 Å². The Bertz CT molecular complexity index is 319. The standard InChI is InChI=1S/C11H16N2OS/c1-8(13-9-4-5-9)11(14)12-7-10-3-2-6-15-10/h2-3,6,8-9,13H,4-5,7H2,1H3,(H,12,14). The van der Waals surface area contributed by atoms with Gasteiger partial charge in [-0.15, -0.1) is 11.3 Å². The van der Waals surface area contributed by atoms with Crippen LogP contribution in [0.2, 0.25) is 0 Å². The molecule has 0 radical (unpaired) electrons. The van der Waals surface area contributed by atoms with Crippen LogP contribution in [0.1, 0.15) is 24.6 Å². The molecule has 0 bridgehead atoms. The Morgan fingerprint density at radius 1 is 1.67 bits per heavy atom. The molecule has 1 heterocycles. The van der Waals surface area contributed by atoms with E-state index in [0.29, 0.717) is 12.6 Å². The molecule has 15 heavy (non-hydrogen) atoms. The summed E-state index contributed by atoms with van der Waals surface area (Å²) in [6.45, 7) is 2.56. The molecule has 1 amide bonds. The number of hydrogen-bond acceptors (Lipinski definition) is 3. The lowest BCUT2D eigenvalue weighted by Gasteiger charge is -2.12. The fourth-order valence-electron chi connectivity index (χ4n) is 1.42. The fourth-order valence-corrected chi connectivity index (χ4v) is 2.06. The number of thiophene rings is 1. The zero-order chi connectivity index (χ0) is 10.7. The van der Waals surface area contributed by atoms with Gasteiger partial charge in [0.15, 0.2) is 0 Å². The van der Waals surface area contributed by atoms with Crippen molar-refractivity contribution in [3.8, 4) is 0 Å². The molecule has 2 N–H and O–H groups in total. The summed E-state index contributed by atoms with van der Waals surface area (Å²) in [4.78, 5) is 12.8. The molecule has 1 saturated carbocycles. The Balaban J connectivity index is 1.71. The van der Waals surface area contributed by atoms with Gasteiger partial charge in [-0.25, -0.2) is 0 Å². The molecule has 4 heteroatoms. The van der Waals surface area contributed by atoms with Crippen LogP contribution in [0.3, 0.4) is 0 Å². The van der Waals surface area contributed by atoms with Crippen LogP contribution in [0.25, 0.3) is 0 Å². The monoisotopic (exact) mass is 224 g/mol. The van der Waals surface area contributed by atoms with Crippen molar-refractivity contribution in [3.63, 3.8) is 0 Å². The summed E-state index contributed by atoms with van der Waals surface area (Å²) < 4.78 is 0. The predicted octanol–water partition coefficient (Wildman–Crippen LogP) is 1.50. The normalized spacial score (nSPS) is 17.4. The van der Waals surface area contributed by atoms with Crippen molar-refractivity contribution in [1.82, 2.24) is 10.6 Å². The van der Waals surface area contributed by atoms with Gasteiger partial charge in [0, 0.05) is 10.9 Å². The number of carbonyl (C=O) groups excluding carboxylic acids is 1. The second-order valence-corrected chi connectivity index (χ2v) is 4.99. The molecule has 1 unspecified atom stereocenters. The largest absolute Gasteiger partial charge is 0.350 e. The van der Waals surface area contributed by atoms with Gasteiger partial charge in [0.2, 0.25) is 5.91 Å². The van der Waals surface area contributed by atoms with Crippen molar-refractivity contribution < 1.29 is 4.79 Å².